The number of hydrogen-bond acceptors (Lipinski definition) is 11. The number of likely N-dealkylation sites (N-methyl/N-ethyl adjacent to an activating group) is 1. The number of benzene rings is 2. The van der Waals surface area contributed by atoms with Crippen LogP contribution in [0.5, 0.6) is 0 Å². The van der Waals surface area contributed by atoms with Crippen molar-refractivity contribution in [1.29, 1.82) is 0 Å². The van der Waals surface area contributed by atoms with Gasteiger partial charge in [-0.25, -0.2) is 27.8 Å². The minimum atomic E-state index is -0.773. The molecule has 14 nitrogen and oxygen atoms in total. The van der Waals surface area contributed by atoms with Crippen LogP contribution < -0.4 is 15.1 Å². The summed E-state index contributed by atoms with van der Waals surface area (Å²) in [6.45, 7) is 5.60. The minimum absolute atomic E-state index is 0.0538. The van der Waals surface area contributed by atoms with E-state index in [4.69, 9.17) is 24.7 Å². The molecule has 11 rings (SSSR count). The van der Waals surface area contributed by atoms with Crippen LogP contribution in [0.25, 0.3) is 39.0 Å². The summed E-state index contributed by atoms with van der Waals surface area (Å²) in [5, 5.41) is 8.73. The molecule has 17 heteroatoms. The smallest absolute Gasteiger partial charge is 0.245 e. The first-order chi connectivity index (χ1) is 28.1. The van der Waals surface area contributed by atoms with Gasteiger partial charge >= 0.3 is 0 Å². The summed E-state index contributed by atoms with van der Waals surface area (Å²) in [5.41, 5.74) is 2.91. The zero-order valence-electron chi connectivity index (χ0n) is 32.0. The molecule has 6 aromatic rings. The molecule has 0 radical (unpaired) electrons. The highest BCUT2D eigenvalue weighted by Crippen LogP contribution is 2.39. The molecule has 298 valence electrons. The second-order valence-electron chi connectivity index (χ2n) is 16.2. The van der Waals surface area contributed by atoms with E-state index in [1.54, 1.807) is 6.20 Å². The van der Waals surface area contributed by atoms with Gasteiger partial charge in [0, 0.05) is 75.2 Å². The molecule has 1 N–H and O–H groups in total. The number of fused-ring (bicyclic) bond motifs is 10. The van der Waals surface area contributed by atoms with Crippen molar-refractivity contribution in [2.24, 2.45) is 0 Å². The molecule has 58 heavy (non-hydrogen) atoms. The van der Waals surface area contributed by atoms with Crippen LogP contribution in [0.2, 0.25) is 0 Å². The first kappa shape index (κ1) is 35.4. The molecule has 4 fully saturated rings. The van der Waals surface area contributed by atoms with E-state index in [9.17, 15) is 4.39 Å². The highest BCUT2D eigenvalue weighted by molar-refractivity contribution is 5.94. The quantitative estimate of drug-likeness (QED) is 0.272. The maximum atomic E-state index is 15.4. The van der Waals surface area contributed by atoms with Crippen LogP contribution in [-0.4, -0.2) is 127 Å². The number of nitrogens with zero attached hydrogens (tertiary/aromatic N) is 11. The maximum absolute atomic E-state index is 15.4. The Morgan fingerprint density at radius 3 is 2.60 bits per heavy atom. The van der Waals surface area contributed by atoms with Crippen LogP contribution in [0.1, 0.15) is 25.1 Å². The number of halogens is 3. The topological polar surface area (TPSA) is 126 Å². The number of carbonyl (C=O) groups is 1. The first-order valence-corrected chi connectivity index (χ1v) is 19.9. The van der Waals surface area contributed by atoms with Gasteiger partial charge in [-0.2, -0.15) is 15.1 Å². The van der Waals surface area contributed by atoms with Gasteiger partial charge < -0.3 is 29.3 Å². The molecule has 1 unspecified atom stereocenters. The van der Waals surface area contributed by atoms with E-state index < -0.39 is 23.5 Å². The van der Waals surface area contributed by atoms with Crippen LogP contribution in [0.15, 0.2) is 54.7 Å². The molecular formula is C41H41F3N12O2. The maximum Gasteiger partial charge on any atom is 0.245 e. The number of likely N-dealkylation sites (tertiary alicyclic amines) is 1. The second kappa shape index (κ2) is 13.4. The molecule has 8 bridgehead atoms. The lowest BCUT2D eigenvalue weighted by Crippen LogP contribution is -2.49. The average Bonchev–Trinajstić information content (AvgIpc) is 4.01. The second-order valence-corrected chi connectivity index (χ2v) is 16.2. The molecule has 4 aromatic heterocycles. The van der Waals surface area contributed by atoms with Crippen molar-refractivity contribution in [3.8, 4) is 16.9 Å². The van der Waals surface area contributed by atoms with Gasteiger partial charge in [-0.3, -0.25) is 9.69 Å². The summed E-state index contributed by atoms with van der Waals surface area (Å²) in [4.78, 5) is 43.6. The molecule has 9 heterocycles. The van der Waals surface area contributed by atoms with Gasteiger partial charge in [0.05, 0.1) is 41.0 Å². The Bertz CT molecular complexity index is 2630. The van der Waals surface area contributed by atoms with Crippen LogP contribution in [0.4, 0.5) is 30.8 Å². The van der Waals surface area contributed by atoms with E-state index >= 15 is 13.6 Å². The number of aryl methyl sites for hydroxylation is 1. The Labute approximate surface area is 331 Å². The lowest BCUT2D eigenvalue weighted by Gasteiger charge is -2.34. The number of hydrogen-bond donors (Lipinski definition) is 1. The van der Waals surface area contributed by atoms with Gasteiger partial charge in [0.2, 0.25) is 11.9 Å². The standard InChI is InChI=1S/C41H41F3N12O2/c1-22-46-33-13-24(43)11-29-32-5-3-6-36(48-32)47-25-14-35(40(57)52-9-4-10-58-28(20-52)21-53(22)37(29)33)55(17-25)38-30-16-45-56(34-8-7-23(42)12-31(34)44)39(30)50-41(49-38)54-19-26-15-27(54)18-51(26)2/h3,5-8,11-13,16,25-28,35H,4,9-10,14-15,17-21H2,1-2H3,(H,47,48)/t25?,26-,27-,28-,35+/m1/s1. The Morgan fingerprint density at radius 1 is 0.879 bits per heavy atom. The normalized spacial score (nSPS) is 24.7. The Balaban J connectivity index is 1.05. The van der Waals surface area contributed by atoms with Crippen LogP contribution in [0, 0.1) is 24.4 Å². The highest BCUT2D eigenvalue weighted by atomic mass is 19.1. The largest absolute Gasteiger partial charge is 0.374 e. The fourth-order valence-corrected chi connectivity index (χ4v) is 9.84. The fraction of sp³-hybridized carbons (Fsp3) is 0.415. The van der Waals surface area contributed by atoms with Crippen LogP contribution >= 0.6 is 0 Å². The summed E-state index contributed by atoms with van der Waals surface area (Å²) in [7, 11) is 2.12. The van der Waals surface area contributed by atoms with E-state index in [1.807, 2.05) is 39.5 Å². The van der Waals surface area contributed by atoms with Crippen molar-refractivity contribution in [3.05, 3.63) is 78.0 Å². The Kier molecular flexibility index (Phi) is 8.15. The highest BCUT2D eigenvalue weighted by Gasteiger charge is 2.45. The van der Waals surface area contributed by atoms with Crippen molar-refractivity contribution in [3.63, 3.8) is 0 Å². The number of pyridine rings is 1. The molecule has 5 atom stereocenters. The monoisotopic (exact) mass is 790 g/mol. The molecule has 4 saturated heterocycles. The predicted octanol–water partition coefficient (Wildman–Crippen LogP) is 4.54. The van der Waals surface area contributed by atoms with E-state index in [2.05, 4.69) is 27.3 Å². The number of imidazole rings is 1. The van der Waals surface area contributed by atoms with E-state index in [0.29, 0.717) is 103 Å². The zero-order valence-corrected chi connectivity index (χ0v) is 32.0. The molecule has 0 spiro atoms. The Hall–Kier alpha value is -5.81. The summed E-state index contributed by atoms with van der Waals surface area (Å²) in [6.07, 6.45) is 3.30. The molecule has 1 amide bonds. The third kappa shape index (κ3) is 5.76. The van der Waals surface area contributed by atoms with Crippen LogP contribution in [0.3, 0.4) is 0 Å². The van der Waals surface area contributed by atoms with Gasteiger partial charge in [-0.15, -0.1) is 0 Å². The molecule has 0 saturated carbocycles. The average molecular weight is 791 g/mol. The number of anilines is 3. The molecule has 5 aliphatic heterocycles. The van der Waals surface area contributed by atoms with Gasteiger partial charge in [0.25, 0.3) is 0 Å². The number of amides is 1. The van der Waals surface area contributed by atoms with Crippen molar-refractivity contribution in [2.45, 2.75) is 63.0 Å². The van der Waals surface area contributed by atoms with E-state index in [0.717, 1.165) is 31.1 Å². The third-order valence-corrected chi connectivity index (χ3v) is 12.6. The van der Waals surface area contributed by atoms with Crippen molar-refractivity contribution < 1.29 is 22.7 Å². The van der Waals surface area contributed by atoms with Gasteiger partial charge in [0.15, 0.2) is 11.5 Å². The van der Waals surface area contributed by atoms with Gasteiger partial charge in [-0.1, -0.05) is 6.07 Å². The number of carbonyl (C=O) groups excluding carboxylic acids is 1. The predicted molar refractivity (Wildman–Crippen MR) is 211 cm³/mol. The molecule has 5 aliphatic rings. The molecular weight excluding hydrogens is 750 g/mol. The SMILES string of the molecule is Cc1nc2cc(F)cc3c2n1C[C@H]1CN(CCCO1)C(=O)[C@@H]1CC(CN1c1nc(N2C[C@H]4C[C@@H]2CN4C)nc2c1cnn2-c1ccc(F)cc1F)Nc1cccc-3n1. The van der Waals surface area contributed by atoms with Crippen molar-refractivity contribution >= 4 is 45.6 Å². The van der Waals surface area contributed by atoms with E-state index in [1.165, 1.54) is 28.9 Å². The summed E-state index contributed by atoms with van der Waals surface area (Å²) >= 11 is 0. The first-order valence-electron chi connectivity index (χ1n) is 19.9. The van der Waals surface area contributed by atoms with Crippen molar-refractivity contribution in [1.82, 2.24) is 44.1 Å². The third-order valence-electron chi connectivity index (χ3n) is 12.6. The van der Waals surface area contributed by atoms with Crippen LogP contribution in [-0.2, 0) is 16.1 Å². The number of piperazine rings is 1. The fourth-order valence-electron chi connectivity index (χ4n) is 9.84. The zero-order chi connectivity index (χ0) is 39.4. The van der Waals surface area contributed by atoms with Gasteiger partial charge in [-0.05, 0) is 63.6 Å². The van der Waals surface area contributed by atoms with Crippen molar-refractivity contribution in [2.75, 3.05) is 61.5 Å². The molecule has 0 aliphatic carbocycles. The van der Waals surface area contributed by atoms with E-state index in [-0.39, 0.29) is 29.8 Å². The number of aromatic nitrogens is 7. The Morgan fingerprint density at radius 2 is 1.78 bits per heavy atom. The minimum Gasteiger partial charge on any atom is -0.374 e. The molecule has 2 aromatic carbocycles. The lowest BCUT2D eigenvalue weighted by atomic mass is 10.1. The summed E-state index contributed by atoms with van der Waals surface area (Å²) in [6, 6.07) is 11.6. The summed E-state index contributed by atoms with van der Waals surface area (Å²) < 4.78 is 54.5. The number of rotatable bonds is 3. The lowest BCUT2D eigenvalue weighted by molar-refractivity contribution is -0.133. The number of nitrogens with one attached hydrogen (secondary N) is 1. The number of ether oxygens (including phenoxy) is 1. The summed E-state index contributed by atoms with van der Waals surface area (Å²) in [5.74, 6) is 0.343. The van der Waals surface area contributed by atoms with Gasteiger partial charge in [0.1, 0.15) is 40.8 Å².